The van der Waals surface area contributed by atoms with Gasteiger partial charge in [-0.25, -0.2) is 0 Å². The maximum atomic E-state index is 12.3. The Morgan fingerprint density at radius 2 is 1.96 bits per heavy atom. The molecule has 1 aromatic carbocycles. The molecule has 3 rings (SSSR count). The summed E-state index contributed by atoms with van der Waals surface area (Å²) < 4.78 is 11.1. The fraction of sp³-hybridized carbons (Fsp3) is 0.611. The molecule has 1 aliphatic carbocycles. The Morgan fingerprint density at radius 3 is 2.70 bits per heavy atom. The molecule has 1 aliphatic heterocycles. The van der Waals surface area contributed by atoms with Gasteiger partial charge in [0, 0.05) is 6.04 Å². The molecule has 1 heterocycles. The van der Waals surface area contributed by atoms with Crippen LogP contribution in [-0.2, 0) is 11.2 Å². The first kappa shape index (κ1) is 16.4. The van der Waals surface area contributed by atoms with Gasteiger partial charge in [-0.1, -0.05) is 24.9 Å². The monoisotopic (exact) mass is 337 g/mol. The van der Waals surface area contributed by atoms with Crippen LogP contribution in [0.15, 0.2) is 12.1 Å². The van der Waals surface area contributed by atoms with Gasteiger partial charge in [0.1, 0.15) is 13.2 Å². The third kappa shape index (κ3) is 4.11. The highest BCUT2D eigenvalue weighted by Gasteiger charge is 2.22. The number of hydrogen-bond acceptors (Lipinski definition) is 3. The van der Waals surface area contributed by atoms with Gasteiger partial charge >= 0.3 is 0 Å². The average Bonchev–Trinajstić information content (AvgIpc) is 2.55. The van der Waals surface area contributed by atoms with Crippen molar-refractivity contribution in [1.82, 2.24) is 5.32 Å². The van der Waals surface area contributed by atoms with Gasteiger partial charge < -0.3 is 14.8 Å². The molecule has 0 aromatic heterocycles. The second-order valence-electron chi connectivity index (χ2n) is 6.47. The minimum absolute atomic E-state index is 0.0534. The van der Waals surface area contributed by atoms with E-state index in [4.69, 9.17) is 21.1 Å². The van der Waals surface area contributed by atoms with Gasteiger partial charge in [-0.15, -0.1) is 0 Å². The molecule has 0 spiro atoms. The van der Waals surface area contributed by atoms with Crippen LogP contribution in [0.1, 0.15) is 44.6 Å². The van der Waals surface area contributed by atoms with Gasteiger partial charge in [0.2, 0.25) is 5.91 Å². The number of halogens is 1. The molecule has 23 heavy (non-hydrogen) atoms. The normalized spacial score (nSPS) is 23.4. The lowest BCUT2D eigenvalue weighted by molar-refractivity contribution is -0.121. The zero-order chi connectivity index (χ0) is 16.2. The Morgan fingerprint density at radius 1 is 1.22 bits per heavy atom. The van der Waals surface area contributed by atoms with Crippen molar-refractivity contribution in [1.29, 1.82) is 0 Å². The predicted octanol–water partition coefficient (Wildman–Crippen LogP) is 3.74. The number of carbonyl (C=O) groups excluding carboxylic acids is 1. The summed E-state index contributed by atoms with van der Waals surface area (Å²) in [5.74, 6) is 2.10. The topological polar surface area (TPSA) is 47.6 Å². The smallest absolute Gasteiger partial charge is 0.224 e. The molecule has 0 radical (unpaired) electrons. The van der Waals surface area contributed by atoms with Crippen molar-refractivity contribution in [3.63, 3.8) is 0 Å². The second kappa shape index (κ2) is 7.43. The molecule has 1 saturated carbocycles. The van der Waals surface area contributed by atoms with Gasteiger partial charge in [0.25, 0.3) is 0 Å². The van der Waals surface area contributed by atoms with Crippen molar-refractivity contribution < 1.29 is 14.3 Å². The molecule has 0 unspecified atom stereocenters. The minimum Gasteiger partial charge on any atom is -0.486 e. The Hall–Kier alpha value is -1.42. The Kier molecular flexibility index (Phi) is 5.31. The molecule has 1 aromatic rings. The molecule has 0 bridgehead atoms. The van der Waals surface area contributed by atoms with Gasteiger partial charge in [-0.2, -0.15) is 0 Å². The molecule has 1 amide bonds. The van der Waals surface area contributed by atoms with Crippen molar-refractivity contribution in [2.45, 2.75) is 51.5 Å². The average molecular weight is 338 g/mol. The molecule has 0 atom stereocenters. The standard InChI is InChI=1S/C18H24ClNO3/c1-2-12-3-5-14(6-4-12)20-17(21)11-13-9-15(19)18-16(10-13)22-7-8-23-18/h9-10,12,14H,2-8,11H2,1H3,(H,20,21). The third-order valence-corrected chi connectivity index (χ3v) is 5.09. The van der Waals surface area contributed by atoms with Gasteiger partial charge in [0.15, 0.2) is 11.5 Å². The summed E-state index contributed by atoms with van der Waals surface area (Å²) in [7, 11) is 0. The van der Waals surface area contributed by atoms with Crippen LogP contribution >= 0.6 is 11.6 Å². The molecule has 2 aliphatic rings. The summed E-state index contributed by atoms with van der Waals surface area (Å²) in [5.41, 5.74) is 0.860. The highest BCUT2D eigenvalue weighted by Crippen LogP contribution is 2.38. The van der Waals surface area contributed by atoms with E-state index in [0.29, 0.717) is 42.2 Å². The van der Waals surface area contributed by atoms with Crippen LogP contribution in [0.5, 0.6) is 11.5 Å². The lowest BCUT2D eigenvalue weighted by Crippen LogP contribution is -2.38. The van der Waals surface area contributed by atoms with Gasteiger partial charge in [0.05, 0.1) is 11.4 Å². The summed E-state index contributed by atoms with van der Waals surface area (Å²) in [4.78, 5) is 12.3. The van der Waals surface area contributed by atoms with Crippen LogP contribution in [0.4, 0.5) is 0 Å². The van der Waals surface area contributed by atoms with E-state index in [1.807, 2.05) is 6.07 Å². The zero-order valence-electron chi connectivity index (χ0n) is 13.6. The Labute approximate surface area is 142 Å². The van der Waals surface area contributed by atoms with Crippen molar-refractivity contribution in [3.8, 4) is 11.5 Å². The predicted molar refractivity (Wildman–Crippen MR) is 90.3 cm³/mol. The molecule has 126 valence electrons. The number of hydrogen-bond donors (Lipinski definition) is 1. The molecular weight excluding hydrogens is 314 g/mol. The lowest BCUT2D eigenvalue weighted by atomic mass is 9.84. The van der Waals surface area contributed by atoms with Gasteiger partial charge in [-0.3, -0.25) is 4.79 Å². The summed E-state index contributed by atoms with van der Waals surface area (Å²) >= 11 is 6.22. The number of rotatable bonds is 4. The van der Waals surface area contributed by atoms with E-state index in [9.17, 15) is 4.79 Å². The highest BCUT2D eigenvalue weighted by atomic mass is 35.5. The highest BCUT2D eigenvalue weighted by molar-refractivity contribution is 6.32. The first-order chi connectivity index (χ1) is 11.2. The molecule has 1 fully saturated rings. The number of carbonyl (C=O) groups is 1. The molecular formula is C18H24ClNO3. The van der Waals surface area contributed by atoms with Crippen molar-refractivity contribution in [2.24, 2.45) is 5.92 Å². The fourth-order valence-electron chi connectivity index (χ4n) is 3.45. The quantitative estimate of drug-likeness (QED) is 0.910. The van der Waals surface area contributed by atoms with Crippen LogP contribution in [0.2, 0.25) is 5.02 Å². The van der Waals surface area contributed by atoms with E-state index >= 15 is 0 Å². The largest absolute Gasteiger partial charge is 0.486 e. The van der Waals surface area contributed by atoms with Crippen LogP contribution in [0, 0.1) is 5.92 Å². The minimum atomic E-state index is 0.0534. The summed E-state index contributed by atoms with van der Waals surface area (Å²) in [6.07, 6.45) is 6.19. The van der Waals surface area contributed by atoms with E-state index in [2.05, 4.69) is 12.2 Å². The number of amides is 1. The molecule has 0 saturated heterocycles. The summed E-state index contributed by atoms with van der Waals surface area (Å²) in [5, 5.41) is 3.67. The number of ether oxygens (including phenoxy) is 2. The van der Waals surface area contributed by atoms with Crippen molar-refractivity contribution >= 4 is 17.5 Å². The maximum Gasteiger partial charge on any atom is 0.224 e. The van der Waals surface area contributed by atoms with Crippen LogP contribution < -0.4 is 14.8 Å². The van der Waals surface area contributed by atoms with Crippen molar-refractivity contribution in [3.05, 3.63) is 22.7 Å². The lowest BCUT2D eigenvalue weighted by Gasteiger charge is -2.28. The summed E-state index contributed by atoms with van der Waals surface area (Å²) in [6, 6.07) is 3.97. The fourth-order valence-corrected chi connectivity index (χ4v) is 3.73. The first-order valence-electron chi connectivity index (χ1n) is 8.53. The second-order valence-corrected chi connectivity index (χ2v) is 6.88. The van der Waals surface area contributed by atoms with Crippen LogP contribution in [0.3, 0.4) is 0 Å². The first-order valence-corrected chi connectivity index (χ1v) is 8.91. The summed E-state index contributed by atoms with van der Waals surface area (Å²) in [6.45, 7) is 3.27. The van der Waals surface area contributed by atoms with Crippen LogP contribution in [0.25, 0.3) is 0 Å². The van der Waals surface area contributed by atoms with E-state index in [1.54, 1.807) is 6.07 Å². The van der Waals surface area contributed by atoms with Crippen molar-refractivity contribution in [2.75, 3.05) is 13.2 Å². The third-order valence-electron chi connectivity index (χ3n) is 4.81. The Balaban J connectivity index is 1.57. The zero-order valence-corrected chi connectivity index (χ0v) is 14.3. The maximum absolute atomic E-state index is 12.3. The Bertz CT molecular complexity index is 568. The number of fused-ring (bicyclic) bond motifs is 1. The van der Waals surface area contributed by atoms with E-state index in [0.717, 1.165) is 24.3 Å². The molecule has 4 nitrogen and oxygen atoms in total. The number of nitrogens with one attached hydrogen (secondary N) is 1. The van der Waals surface area contributed by atoms with E-state index in [-0.39, 0.29) is 5.91 Å². The van der Waals surface area contributed by atoms with E-state index < -0.39 is 0 Å². The molecule has 5 heteroatoms. The number of benzene rings is 1. The van der Waals surface area contributed by atoms with Crippen LogP contribution in [-0.4, -0.2) is 25.2 Å². The van der Waals surface area contributed by atoms with E-state index in [1.165, 1.54) is 19.3 Å². The SMILES string of the molecule is CCC1CCC(NC(=O)Cc2cc(Cl)c3c(c2)OCCO3)CC1. The molecule has 1 N–H and O–H groups in total. The van der Waals surface area contributed by atoms with Gasteiger partial charge in [-0.05, 0) is 49.3 Å².